The van der Waals surface area contributed by atoms with Gasteiger partial charge in [-0.3, -0.25) is 4.79 Å². The lowest BCUT2D eigenvalue weighted by molar-refractivity contribution is 0.0950. The fourth-order valence-corrected chi connectivity index (χ4v) is 2.02. The summed E-state index contributed by atoms with van der Waals surface area (Å²) in [5.41, 5.74) is 1.79. The Morgan fingerprint density at radius 3 is 2.81 bits per heavy atom. The number of nitrogens with one attached hydrogen (secondary N) is 2. The zero-order chi connectivity index (χ0) is 11.4. The van der Waals surface area contributed by atoms with Crippen molar-refractivity contribution in [2.24, 2.45) is 0 Å². The number of carbonyl (C=O) groups is 1. The highest BCUT2D eigenvalue weighted by Crippen LogP contribution is 2.11. The third-order valence-electron chi connectivity index (χ3n) is 2.23. The van der Waals surface area contributed by atoms with E-state index in [1.54, 1.807) is 0 Å². The molecule has 2 aromatic rings. The van der Waals surface area contributed by atoms with Gasteiger partial charge in [-0.05, 0) is 46.4 Å². The van der Waals surface area contributed by atoms with Crippen LogP contribution in [-0.4, -0.2) is 10.9 Å². The van der Waals surface area contributed by atoms with Crippen LogP contribution in [0.4, 0.5) is 0 Å². The molecule has 1 aromatic carbocycles. The van der Waals surface area contributed by atoms with Crippen LogP contribution < -0.4 is 5.32 Å². The SMILES string of the molecule is O=C(NCc1cc[nH]c1)c1ccccc1I. The van der Waals surface area contributed by atoms with E-state index in [-0.39, 0.29) is 5.91 Å². The number of aromatic nitrogens is 1. The second-order valence-corrected chi connectivity index (χ2v) is 4.54. The van der Waals surface area contributed by atoms with Crippen LogP contribution in [-0.2, 0) is 6.54 Å². The van der Waals surface area contributed by atoms with Gasteiger partial charge in [0.25, 0.3) is 5.91 Å². The molecule has 0 aliphatic heterocycles. The highest BCUT2D eigenvalue weighted by Gasteiger charge is 2.08. The highest BCUT2D eigenvalue weighted by molar-refractivity contribution is 14.1. The van der Waals surface area contributed by atoms with Crippen molar-refractivity contribution < 1.29 is 4.79 Å². The topological polar surface area (TPSA) is 44.9 Å². The maximum Gasteiger partial charge on any atom is 0.252 e. The molecule has 2 N–H and O–H groups in total. The van der Waals surface area contributed by atoms with E-state index in [9.17, 15) is 4.79 Å². The zero-order valence-electron chi connectivity index (χ0n) is 8.53. The number of rotatable bonds is 3. The van der Waals surface area contributed by atoms with Gasteiger partial charge in [-0.25, -0.2) is 0 Å². The van der Waals surface area contributed by atoms with E-state index in [0.717, 1.165) is 14.7 Å². The first-order valence-corrected chi connectivity index (χ1v) is 5.99. The molecule has 2 rings (SSSR count). The average Bonchev–Trinajstić information content (AvgIpc) is 2.79. The van der Waals surface area contributed by atoms with Gasteiger partial charge in [0.1, 0.15) is 0 Å². The van der Waals surface area contributed by atoms with Crippen LogP contribution in [0.15, 0.2) is 42.7 Å². The van der Waals surface area contributed by atoms with Crippen molar-refractivity contribution in [3.8, 4) is 0 Å². The number of carbonyl (C=O) groups excluding carboxylic acids is 1. The summed E-state index contributed by atoms with van der Waals surface area (Å²) >= 11 is 2.16. The normalized spacial score (nSPS) is 10.1. The zero-order valence-corrected chi connectivity index (χ0v) is 10.7. The van der Waals surface area contributed by atoms with Gasteiger partial charge in [0.15, 0.2) is 0 Å². The predicted octanol–water partition coefficient (Wildman–Crippen LogP) is 2.55. The van der Waals surface area contributed by atoms with E-state index >= 15 is 0 Å². The van der Waals surface area contributed by atoms with Crippen LogP contribution in [0, 0.1) is 3.57 Å². The van der Waals surface area contributed by atoms with E-state index in [1.807, 2.05) is 42.7 Å². The van der Waals surface area contributed by atoms with Crippen LogP contribution in [0.5, 0.6) is 0 Å². The van der Waals surface area contributed by atoms with Gasteiger partial charge in [-0.1, -0.05) is 12.1 Å². The Balaban J connectivity index is 2.01. The van der Waals surface area contributed by atoms with Crippen molar-refractivity contribution in [1.29, 1.82) is 0 Å². The van der Waals surface area contributed by atoms with Crippen molar-refractivity contribution in [1.82, 2.24) is 10.3 Å². The summed E-state index contributed by atoms with van der Waals surface area (Å²) in [6.07, 6.45) is 3.71. The molecule has 3 nitrogen and oxygen atoms in total. The van der Waals surface area contributed by atoms with E-state index in [1.165, 1.54) is 0 Å². The predicted molar refractivity (Wildman–Crippen MR) is 71.1 cm³/mol. The molecule has 1 aromatic heterocycles. The van der Waals surface area contributed by atoms with Crippen molar-refractivity contribution >= 4 is 28.5 Å². The van der Waals surface area contributed by atoms with Crippen LogP contribution in [0.1, 0.15) is 15.9 Å². The van der Waals surface area contributed by atoms with Crippen LogP contribution in [0.25, 0.3) is 0 Å². The first-order chi connectivity index (χ1) is 7.77. The lowest BCUT2D eigenvalue weighted by Crippen LogP contribution is -2.23. The molecule has 4 heteroatoms. The number of aromatic amines is 1. The largest absolute Gasteiger partial charge is 0.367 e. The van der Waals surface area contributed by atoms with Gasteiger partial charge in [0.05, 0.1) is 5.56 Å². The van der Waals surface area contributed by atoms with E-state index in [0.29, 0.717) is 6.54 Å². The van der Waals surface area contributed by atoms with E-state index in [2.05, 4.69) is 32.9 Å². The van der Waals surface area contributed by atoms with Gasteiger partial charge >= 0.3 is 0 Å². The smallest absolute Gasteiger partial charge is 0.252 e. The third-order valence-corrected chi connectivity index (χ3v) is 3.17. The van der Waals surface area contributed by atoms with Gasteiger partial charge in [0.2, 0.25) is 0 Å². The van der Waals surface area contributed by atoms with Crippen molar-refractivity contribution in [3.05, 3.63) is 57.4 Å². The summed E-state index contributed by atoms with van der Waals surface area (Å²) in [5.74, 6) is -0.0359. The van der Waals surface area contributed by atoms with E-state index < -0.39 is 0 Å². The highest BCUT2D eigenvalue weighted by atomic mass is 127. The summed E-state index contributed by atoms with van der Waals surface area (Å²) in [5, 5.41) is 2.88. The first kappa shape index (κ1) is 11.2. The van der Waals surface area contributed by atoms with Crippen LogP contribution in [0.3, 0.4) is 0 Å². The van der Waals surface area contributed by atoms with Gasteiger partial charge < -0.3 is 10.3 Å². The van der Waals surface area contributed by atoms with Gasteiger partial charge in [-0.15, -0.1) is 0 Å². The number of benzene rings is 1. The Morgan fingerprint density at radius 2 is 2.12 bits per heavy atom. The second kappa shape index (κ2) is 5.16. The second-order valence-electron chi connectivity index (χ2n) is 3.38. The summed E-state index contributed by atoms with van der Waals surface area (Å²) in [6.45, 7) is 0.549. The maximum atomic E-state index is 11.8. The fourth-order valence-electron chi connectivity index (χ4n) is 1.39. The molecule has 0 radical (unpaired) electrons. The average molecular weight is 326 g/mol. The minimum Gasteiger partial charge on any atom is -0.367 e. The minimum atomic E-state index is -0.0359. The molecule has 0 spiro atoms. The molecule has 0 saturated heterocycles. The molecule has 16 heavy (non-hydrogen) atoms. The Bertz CT molecular complexity index is 480. The first-order valence-electron chi connectivity index (χ1n) is 4.92. The Morgan fingerprint density at radius 1 is 1.31 bits per heavy atom. The van der Waals surface area contributed by atoms with Crippen molar-refractivity contribution in [3.63, 3.8) is 0 Å². The van der Waals surface area contributed by atoms with Gasteiger partial charge in [0, 0.05) is 22.5 Å². The molecule has 0 aliphatic rings. The monoisotopic (exact) mass is 326 g/mol. The minimum absolute atomic E-state index is 0.0359. The fraction of sp³-hybridized carbons (Fsp3) is 0.0833. The Labute approximate surface area is 107 Å². The standard InChI is InChI=1S/C12H11IN2O/c13-11-4-2-1-3-10(11)12(16)15-8-9-5-6-14-7-9/h1-7,14H,8H2,(H,15,16). The molecule has 0 bridgehead atoms. The van der Waals surface area contributed by atoms with Crippen molar-refractivity contribution in [2.75, 3.05) is 0 Å². The molecule has 0 fully saturated rings. The van der Waals surface area contributed by atoms with Crippen LogP contribution >= 0.6 is 22.6 Å². The van der Waals surface area contributed by atoms with Gasteiger partial charge in [-0.2, -0.15) is 0 Å². The summed E-state index contributed by atoms with van der Waals surface area (Å²) in [6, 6.07) is 9.48. The number of H-pyrrole nitrogens is 1. The Kier molecular flexibility index (Phi) is 3.61. The Hall–Kier alpha value is -1.30. The molecule has 0 saturated carbocycles. The maximum absolute atomic E-state index is 11.8. The third kappa shape index (κ3) is 2.63. The number of hydrogen-bond donors (Lipinski definition) is 2. The molecule has 0 unspecified atom stereocenters. The number of hydrogen-bond acceptors (Lipinski definition) is 1. The molecule has 0 aliphatic carbocycles. The quantitative estimate of drug-likeness (QED) is 0.837. The molecular formula is C12H11IN2O. The lowest BCUT2D eigenvalue weighted by Gasteiger charge is -2.05. The molecular weight excluding hydrogens is 315 g/mol. The van der Waals surface area contributed by atoms with Crippen LogP contribution in [0.2, 0.25) is 0 Å². The van der Waals surface area contributed by atoms with E-state index in [4.69, 9.17) is 0 Å². The molecule has 1 heterocycles. The lowest BCUT2D eigenvalue weighted by atomic mass is 10.2. The molecule has 0 atom stereocenters. The number of halogens is 1. The molecule has 82 valence electrons. The summed E-state index contributed by atoms with van der Waals surface area (Å²) in [4.78, 5) is 14.8. The molecule has 1 amide bonds. The number of amides is 1. The van der Waals surface area contributed by atoms with Crippen molar-refractivity contribution in [2.45, 2.75) is 6.54 Å². The summed E-state index contributed by atoms with van der Waals surface area (Å²) in [7, 11) is 0. The summed E-state index contributed by atoms with van der Waals surface area (Å²) < 4.78 is 0.965.